The summed E-state index contributed by atoms with van der Waals surface area (Å²) in [5.74, 6) is 0.916. The van der Waals surface area contributed by atoms with Crippen LogP contribution in [0.4, 0.5) is 5.82 Å². The van der Waals surface area contributed by atoms with Crippen molar-refractivity contribution in [2.75, 3.05) is 39.5 Å². The number of carbonyl (C=O) groups is 1. The summed E-state index contributed by atoms with van der Waals surface area (Å²) in [5, 5.41) is 9.62. The van der Waals surface area contributed by atoms with Crippen molar-refractivity contribution in [3.05, 3.63) is 82.3 Å². The fraction of sp³-hybridized carbons (Fsp3) is 0.406. The number of aryl methyl sites for hydroxylation is 1. The molecular weight excluding hydrogens is 486 g/mol. The Balaban J connectivity index is 0.00000205. The molecule has 7 heteroatoms. The lowest BCUT2D eigenvalue weighted by Gasteiger charge is -2.32. The Hall–Kier alpha value is -3.55. The summed E-state index contributed by atoms with van der Waals surface area (Å²) < 4.78 is 0. The van der Waals surface area contributed by atoms with Gasteiger partial charge in [-0.25, -0.2) is 4.98 Å². The number of aliphatic hydroxyl groups excluding tert-OH is 1. The van der Waals surface area contributed by atoms with Gasteiger partial charge < -0.3 is 15.7 Å². The largest absolute Gasteiger partial charge is 0.392 e. The van der Waals surface area contributed by atoms with E-state index in [2.05, 4.69) is 40.0 Å². The highest BCUT2D eigenvalue weighted by Gasteiger charge is 2.21. The molecule has 0 atom stereocenters. The van der Waals surface area contributed by atoms with Crippen LogP contribution in [0.1, 0.15) is 72.3 Å². The maximum atomic E-state index is 12.2. The number of aromatic nitrogens is 2. The van der Waals surface area contributed by atoms with Gasteiger partial charge in [0.1, 0.15) is 5.82 Å². The Morgan fingerprint density at radius 1 is 1.13 bits per heavy atom. The Kier molecular flexibility index (Phi) is 10.8. The predicted octanol–water partition coefficient (Wildman–Crippen LogP) is 5.54. The quantitative estimate of drug-likeness (QED) is 0.417. The van der Waals surface area contributed by atoms with Gasteiger partial charge in [0.15, 0.2) is 0 Å². The van der Waals surface area contributed by atoms with E-state index in [1.807, 2.05) is 45.0 Å². The highest BCUT2D eigenvalue weighted by molar-refractivity contribution is 5.93. The SMILES string of the molecule is C/C(=C\c1c(-c2cnc(N)c(CO)c2)ccnc1C)CN1CCC(c2ccc(C(=O)N(C)C)cc2)CC1.CC. The van der Waals surface area contributed by atoms with Gasteiger partial charge in [-0.3, -0.25) is 14.7 Å². The molecule has 3 N–H and O–H groups in total. The minimum atomic E-state index is -0.144. The van der Waals surface area contributed by atoms with E-state index in [9.17, 15) is 9.90 Å². The van der Waals surface area contributed by atoms with Gasteiger partial charge in [0.05, 0.1) is 6.61 Å². The first-order chi connectivity index (χ1) is 18.8. The van der Waals surface area contributed by atoms with Crippen molar-refractivity contribution in [3.8, 4) is 11.1 Å². The van der Waals surface area contributed by atoms with E-state index in [1.54, 1.807) is 31.4 Å². The summed E-state index contributed by atoms with van der Waals surface area (Å²) >= 11 is 0. The van der Waals surface area contributed by atoms with Gasteiger partial charge >= 0.3 is 0 Å². The van der Waals surface area contributed by atoms with Crippen LogP contribution in [0.3, 0.4) is 0 Å². The van der Waals surface area contributed by atoms with Crippen LogP contribution in [-0.4, -0.2) is 64.5 Å². The number of anilines is 1. The average Bonchev–Trinajstić information content (AvgIpc) is 2.95. The molecule has 1 amide bonds. The molecule has 7 nitrogen and oxygen atoms in total. The third-order valence-electron chi connectivity index (χ3n) is 7.16. The predicted molar refractivity (Wildman–Crippen MR) is 160 cm³/mol. The number of carbonyl (C=O) groups excluding carboxylic acids is 1. The topological polar surface area (TPSA) is 95.6 Å². The van der Waals surface area contributed by atoms with Crippen molar-refractivity contribution in [2.24, 2.45) is 0 Å². The number of hydrogen-bond acceptors (Lipinski definition) is 6. The number of benzene rings is 1. The highest BCUT2D eigenvalue weighted by atomic mass is 16.3. The lowest BCUT2D eigenvalue weighted by Crippen LogP contribution is -2.34. The summed E-state index contributed by atoms with van der Waals surface area (Å²) in [7, 11) is 3.56. The van der Waals surface area contributed by atoms with Crippen molar-refractivity contribution < 1.29 is 9.90 Å². The Labute approximate surface area is 233 Å². The van der Waals surface area contributed by atoms with E-state index in [4.69, 9.17) is 5.73 Å². The monoisotopic (exact) mass is 529 g/mol. The molecule has 39 heavy (non-hydrogen) atoms. The molecule has 1 aromatic carbocycles. The van der Waals surface area contributed by atoms with Gasteiger partial charge in [0.2, 0.25) is 0 Å². The van der Waals surface area contributed by atoms with Crippen molar-refractivity contribution in [2.45, 2.75) is 53.1 Å². The second-order valence-corrected chi connectivity index (χ2v) is 10.1. The van der Waals surface area contributed by atoms with Crippen molar-refractivity contribution in [1.82, 2.24) is 19.8 Å². The molecule has 0 bridgehead atoms. The summed E-state index contributed by atoms with van der Waals surface area (Å²) in [6, 6.07) is 12.0. The molecule has 1 aliphatic heterocycles. The number of amides is 1. The number of rotatable bonds is 7. The Bertz CT molecular complexity index is 1280. The summed E-state index contributed by atoms with van der Waals surface area (Å²) in [4.78, 5) is 25.1. The van der Waals surface area contributed by atoms with Gasteiger partial charge in [0, 0.05) is 61.0 Å². The number of piperidine rings is 1. The molecule has 4 rings (SSSR count). The van der Waals surface area contributed by atoms with Crippen LogP contribution in [0.2, 0.25) is 0 Å². The zero-order valence-corrected chi connectivity index (χ0v) is 24.2. The lowest BCUT2D eigenvalue weighted by molar-refractivity contribution is 0.0827. The molecule has 2 aromatic heterocycles. The molecule has 1 aliphatic rings. The number of nitrogens with zero attached hydrogens (tertiary/aromatic N) is 4. The van der Waals surface area contributed by atoms with E-state index in [-0.39, 0.29) is 12.5 Å². The minimum Gasteiger partial charge on any atom is -0.392 e. The number of likely N-dealkylation sites (tertiary alicyclic amines) is 1. The van der Waals surface area contributed by atoms with Crippen molar-refractivity contribution in [1.29, 1.82) is 0 Å². The lowest BCUT2D eigenvalue weighted by atomic mass is 9.88. The maximum absolute atomic E-state index is 12.2. The second-order valence-electron chi connectivity index (χ2n) is 10.1. The first-order valence-corrected chi connectivity index (χ1v) is 13.8. The number of nitrogen functional groups attached to an aromatic ring is 1. The first kappa shape index (κ1) is 30.0. The third kappa shape index (κ3) is 7.52. The van der Waals surface area contributed by atoms with E-state index in [0.717, 1.165) is 60.4 Å². The van der Waals surface area contributed by atoms with Gasteiger partial charge in [-0.05, 0) is 81.1 Å². The molecule has 0 spiro atoms. The van der Waals surface area contributed by atoms with Gasteiger partial charge in [-0.15, -0.1) is 0 Å². The summed E-state index contributed by atoms with van der Waals surface area (Å²) in [6.45, 7) is 11.0. The summed E-state index contributed by atoms with van der Waals surface area (Å²) in [5.41, 5.74) is 13.8. The van der Waals surface area contributed by atoms with E-state index < -0.39 is 0 Å². The van der Waals surface area contributed by atoms with Crippen LogP contribution < -0.4 is 5.73 Å². The second kappa shape index (κ2) is 14.0. The van der Waals surface area contributed by atoms with E-state index in [0.29, 0.717) is 17.3 Å². The first-order valence-electron chi connectivity index (χ1n) is 13.8. The molecule has 0 saturated carbocycles. The van der Waals surface area contributed by atoms with Crippen LogP contribution in [0.25, 0.3) is 17.2 Å². The molecule has 0 unspecified atom stereocenters. The standard InChI is InChI=1S/C30H37N5O2.C2H6/c1-20(15-28-21(2)32-12-9-27(28)25-16-26(19-36)29(31)33-17-25)18-35-13-10-23(11-14-35)22-5-7-24(8-6-22)30(37)34(3)4;1-2/h5-9,12,15-17,23,36H,10-11,13-14,18-19H2,1-4H3,(H2,31,33);1-2H3/b20-15+;. The van der Waals surface area contributed by atoms with Gasteiger partial charge in [-0.1, -0.05) is 37.6 Å². The fourth-order valence-electron chi connectivity index (χ4n) is 5.03. The summed E-state index contributed by atoms with van der Waals surface area (Å²) in [6.07, 6.45) is 7.99. The van der Waals surface area contributed by atoms with E-state index in [1.165, 1.54) is 11.1 Å². The zero-order chi connectivity index (χ0) is 28.5. The van der Waals surface area contributed by atoms with Crippen LogP contribution in [0.15, 0.2) is 54.4 Å². The van der Waals surface area contributed by atoms with Crippen LogP contribution in [-0.2, 0) is 6.61 Å². The number of hydrogen-bond donors (Lipinski definition) is 2. The smallest absolute Gasteiger partial charge is 0.253 e. The molecule has 0 radical (unpaired) electrons. The molecular formula is C32H43N5O2. The number of aliphatic hydroxyl groups is 1. The van der Waals surface area contributed by atoms with E-state index >= 15 is 0 Å². The number of nitrogens with two attached hydrogens (primary N) is 1. The molecule has 3 aromatic rings. The van der Waals surface area contributed by atoms with Crippen LogP contribution >= 0.6 is 0 Å². The zero-order valence-electron chi connectivity index (χ0n) is 24.2. The Morgan fingerprint density at radius 3 is 2.41 bits per heavy atom. The van der Waals surface area contributed by atoms with Gasteiger partial charge in [-0.2, -0.15) is 0 Å². The van der Waals surface area contributed by atoms with Gasteiger partial charge in [0.25, 0.3) is 5.91 Å². The fourth-order valence-corrected chi connectivity index (χ4v) is 5.03. The third-order valence-corrected chi connectivity index (χ3v) is 7.16. The highest BCUT2D eigenvalue weighted by Crippen LogP contribution is 2.31. The van der Waals surface area contributed by atoms with Crippen LogP contribution in [0, 0.1) is 6.92 Å². The molecule has 208 valence electrons. The van der Waals surface area contributed by atoms with Crippen LogP contribution in [0.5, 0.6) is 0 Å². The molecule has 1 fully saturated rings. The number of pyridine rings is 2. The van der Waals surface area contributed by atoms with Crippen molar-refractivity contribution in [3.63, 3.8) is 0 Å². The normalized spacial score (nSPS) is 14.5. The molecule has 0 aliphatic carbocycles. The Morgan fingerprint density at radius 2 is 1.79 bits per heavy atom. The van der Waals surface area contributed by atoms with Crippen molar-refractivity contribution >= 4 is 17.8 Å². The average molecular weight is 530 g/mol. The minimum absolute atomic E-state index is 0.0390. The molecule has 3 heterocycles. The maximum Gasteiger partial charge on any atom is 0.253 e. The molecule has 1 saturated heterocycles.